The zero-order valence-electron chi connectivity index (χ0n) is 10.4. The lowest BCUT2D eigenvalue weighted by Crippen LogP contribution is -2.21. The molecule has 0 bridgehead atoms. The number of aromatic nitrogens is 4. The topological polar surface area (TPSA) is 66.5 Å². The number of rotatable bonds is 4. The Balaban J connectivity index is 2.36. The quantitative estimate of drug-likeness (QED) is 0.833. The second-order valence-corrected chi connectivity index (χ2v) is 5.01. The molecule has 0 atom stereocenters. The van der Waals surface area contributed by atoms with Gasteiger partial charge in [0.05, 0.1) is 5.56 Å². The van der Waals surface area contributed by atoms with E-state index in [0.717, 1.165) is 13.0 Å². The van der Waals surface area contributed by atoms with Crippen molar-refractivity contribution in [3.63, 3.8) is 0 Å². The van der Waals surface area contributed by atoms with Crippen molar-refractivity contribution in [3.8, 4) is 11.4 Å². The molecule has 0 aliphatic heterocycles. The van der Waals surface area contributed by atoms with Crippen LogP contribution in [0.1, 0.15) is 20.3 Å². The van der Waals surface area contributed by atoms with Crippen LogP contribution < -0.4 is 5.56 Å². The lowest BCUT2D eigenvalue weighted by molar-refractivity contribution is 0.508. The van der Waals surface area contributed by atoms with Gasteiger partial charge in [-0.15, -0.1) is 0 Å². The Morgan fingerprint density at radius 2 is 2.22 bits per heavy atom. The van der Waals surface area contributed by atoms with E-state index in [1.807, 2.05) is 6.07 Å². The molecule has 0 aliphatic rings. The van der Waals surface area contributed by atoms with Gasteiger partial charge in [0.25, 0.3) is 5.56 Å². The zero-order chi connectivity index (χ0) is 13.1. The maximum atomic E-state index is 12.2. The minimum Gasteiger partial charge on any atom is -0.315 e. The van der Waals surface area contributed by atoms with Gasteiger partial charge in [0, 0.05) is 12.7 Å². The van der Waals surface area contributed by atoms with Crippen molar-refractivity contribution in [1.82, 2.24) is 19.7 Å². The molecular weight excluding hydrogens is 248 g/mol. The van der Waals surface area contributed by atoms with Crippen molar-refractivity contribution in [2.45, 2.75) is 26.8 Å². The average molecular weight is 264 g/mol. The highest BCUT2D eigenvalue weighted by Crippen LogP contribution is 2.08. The average Bonchev–Trinajstić information content (AvgIpc) is 2.74. The van der Waals surface area contributed by atoms with Gasteiger partial charge >= 0.3 is 0 Å². The van der Waals surface area contributed by atoms with E-state index in [1.165, 1.54) is 0 Å². The first-order valence-electron chi connectivity index (χ1n) is 5.92. The highest BCUT2D eigenvalue weighted by Gasteiger charge is 2.08. The Morgan fingerprint density at radius 3 is 2.83 bits per heavy atom. The fraction of sp³-hybridized carbons (Fsp3) is 0.417. The van der Waals surface area contributed by atoms with Crippen LogP contribution in [0.5, 0.6) is 0 Å². The van der Waals surface area contributed by atoms with Crippen LogP contribution in [0, 0.1) is 10.7 Å². The molecule has 0 unspecified atom stereocenters. The smallest absolute Gasteiger partial charge is 0.261 e. The molecule has 0 saturated carbocycles. The lowest BCUT2D eigenvalue weighted by Gasteiger charge is -2.08. The molecular formula is C12H16N4OS. The van der Waals surface area contributed by atoms with Crippen LogP contribution in [0.2, 0.25) is 0 Å². The number of nitrogens with zero attached hydrogens (tertiary/aromatic N) is 2. The van der Waals surface area contributed by atoms with E-state index in [4.69, 9.17) is 12.2 Å². The Labute approximate surface area is 110 Å². The van der Waals surface area contributed by atoms with Crippen LogP contribution in [-0.4, -0.2) is 19.7 Å². The molecule has 18 heavy (non-hydrogen) atoms. The van der Waals surface area contributed by atoms with Crippen molar-refractivity contribution < 1.29 is 0 Å². The summed E-state index contributed by atoms with van der Waals surface area (Å²) in [5.41, 5.74) is 0.490. The molecule has 2 N–H and O–H groups in total. The number of hydrogen-bond acceptors (Lipinski definition) is 3. The molecule has 0 amide bonds. The molecule has 0 saturated heterocycles. The first kappa shape index (κ1) is 12.8. The summed E-state index contributed by atoms with van der Waals surface area (Å²) < 4.78 is 2.06. The number of aryl methyl sites for hydroxylation is 1. The normalized spacial score (nSPS) is 11.1. The van der Waals surface area contributed by atoms with E-state index in [1.54, 1.807) is 16.8 Å². The van der Waals surface area contributed by atoms with Crippen LogP contribution in [0.3, 0.4) is 0 Å². The third-order valence-electron chi connectivity index (χ3n) is 2.72. The number of aromatic amines is 2. The van der Waals surface area contributed by atoms with Crippen LogP contribution in [0.25, 0.3) is 11.4 Å². The summed E-state index contributed by atoms with van der Waals surface area (Å²) in [4.78, 5) is 16.3. The van der Waals surface area contributed by atoms with E-state index < -0.39 is 0 Å². The van der Waals surface area contributed by atoms with Gasteiger partial charge < -0.3 is 4.57 Å². The molecule has 2 aromatic heterocycles. The highest BCUT2D eigenvalue weighted by atomic mass is 32.1. The predicted molar refractivity (Wildman–Crippen MR) is 72.9 cm³/mol. The van der Waals surface area contributed by atoms with Crippen LogP contribution in [-0.2, 0) is 6.54 Å². The molecule has 0 spiro atoms. The van der Waals surface area contributed by atoms with Crippen molar-refractivity contribution in [2.75, 3.05) is 0 Å². The van der Waals surface area contributed by atoms with Gasteiger partial charge in [-0.3, -0.25) is 15.0 Å². The van der Waals surface area contributed by atoms with Crippen molar-refractivity contribution in [1.29, 1.82) is 0 Å². The number of nitrogens with one attached hydrogen (secondary N) is 2. The molecule has 5 nitrogen and oxygen atoms in total. The Bertz CT molecular complexity index is 638. The predicted octanol–water partition coefficient (Wildman–Crippen LogP) is 2.34. The fourth-order valence-electron chi connectivity index (χ4n) is 1.69. The fourth-order valence-corrected chi connectivity index (χ4v) is 1.83. The Hall–Kier alpha value is -1.69. The molecule has 6 heteroatoms. The first-order chi connectivity index (χ1) is 8.58. The van der Waals surface area contributed by atoms with Crippen LogP contribution in [0.15, 0.2) is 23.1 Å². The lowest BCUT2D eigenvalue weighted by atomic mass is 10.1. The molecule has 2 aromatic rings. The molecule has 0 fully saturated rings. The van der Waals surface area contributed by atoms with Gasteiger partial charge in [-0.2, -0.15) is 4.98 Å². The van der Waals surface area contributed by atoms with Gasteiger partial charge in [0.2, 0.25) is 4.77 Å². The third-order valence-corrected chi connectivity index (χ3v) is 2.92. The summed E-state index contributed by atoms with van der Waals surface area (Å²) in [5, 5.41) is 5.50. The van der Waals surface area contributed by atoms with E-state index in [0.29, 0.717) is 22.1 Å². The van der Waals surface area contributed by atoms with Crippen LogP contribution in [0.4, 0.5) is 0 Å². The summed E-state index contributed by atoms with van der Waals surface area (Å²) in [5.74, 6) is 1.06. The number of pyridine rings is 1. The van der Waals surface area contributed by atoms with E-state index >= 15 is 0 Å². The molecule has 0 radical (unpaired) electrons. The molecule has 0 aromatic carbocycles. The SMILES string of the molecule is CC(C)CCn1cccc(-c2nc(=S)[nH][nH]2)c1=O. The molecule has 96 valence electrons. The number of hydrogen-bond donors (Lipinski definition) is 2. The van der Waals surface area contributed by atoms with Gasteiger partial charge in [-0.05, 0) is 36.7 Å². The van der Waals surface area contributed by atoms with Gasteiger partial charge in [0.15, 0.2) is 5.82 Å². The summed E-state index contributed by atoms with van der Waals surface area (Å²) >= 11 is 4.89. The second kappa shape index (κ2) is 5.30. The monoisotopic (exact) mass is 264 g/mol. The third kappa shape index (κ3) is 2.76. The zero-order valence-corrected chi connectivity index (χ0v) is 11.3. The maximum absolute atomic E-state index is 12.2. The summed E-state index contributed by atoms with van der Waals surface area (Å²) in [7, 11) is 0. The highest BCUT2D eigenvalue weighted by molar-refractivity contribution is 7.71. The Kier molecular flexibility index (Phi) is 3.76. The molecule has 2 heterocycles. The van der Waals surface area contributed by atoms with E-state index in [9.17, 15) is 4.79 Å². The van der Waals surface area contributed by atoms with Crippen molar-refractivity contribution in [2.24, 2.45) is 5.92 Å². The van der Waals surface area contributed by atoms with Gasteiger partial charge in [-0.1, -0.05) is 13.8 Å². The maximum Gasteiger partial charge on any atom is 0.261 e. The molecule has 2 rings (SSSR count). The molecule has 0 aliphatic carbocycles. The first-order valence-corrected chi connectivity index (χ1v) is 6.33. The van der Waals surface area contributed by atoms with Crippen molar-refractivity contribution in [3.05, 3.63) is 33.5 Å². The largest absolute Gasteiger partial charge is 0.315 e. The standard InChI is InChI=1S/C12H16N4OS/c1-8(2)5-7-16-6-3-4-9(11(16)17)10-13-12(18)15-14-10/h3-4,6,8H,5,7H2,1-2H3,(H2,13,14,15,18). The minimum atomic E-state index is -0.0455. The van der Waals surface area contributed by atoms with Crippen molar-refractivity contribution >= 4 is 12.2 Å². The minimum absolute atomic E-state index is 0.0455. The summed E-state index contributed by atoms with van der Waals surface area (Å²) in [6, 6.07) is 3.60. The number of H-pyrrole nitrogens is 2. The van der Waals surface area contributed by atoms with E-state index in [2.05, 4.69) is 29.0 Å². The second-order valence-electron chi connectivity index (χ2n) is 4.62. The Morgan fingerprint density at radius 1 is 1.44 bits per heavy atom. The summed E-state index contributed by atoms with van der Waals surface area (Å²) in [6.45, 7) is 5.00. The van der Waals surface area contributed by atoms with Gasteiger partial charge in [-0.25, -0.2) is 0 Å². The van der Waals surface area contributed by atoms with E-state index in [-0.39, 0.29) is 5.56 Å². The van der Waals surface area contributed by atoms with Crippen LogP contribution >= 0.6 is 12.2 Å². The summed E-state index contributed by atoms with van der Waals surface area (Å²) in [6.07, 6.45) is 2.77. The van der Waals surface area contributed by atoms with Gasteiger partial charge in [0.1, 0.15) is 0 Å².